The number of hydrogen-bond acceptors (Lipinski definition) is 1. The number of rotatable bonds is 7. The van der Waals surface area contributed by atoms with Crippen molar-refractivity contribution in [2.24, 2.45) is 0 Å². The molecular formula is C26H29NO. The van der Waals surface area contributed by atoms with Gasteiger partial charge in [-0.1, -0.05) is 73.7 Å². The van der Waals surface area contributed by atoms with E-state index in [9.17, 15) is 4.79 Å². The molecule has 0 bridgehead atoms. The molecule has 1 amide bonds. The van der Waals surface area contributed by atoms with Crippen molar-refractivity contribution in [2.75, 3.05) is 0 Å². The Morgan fingerprint density at radius 1 is 0.857 bits per heavy atom. The third-order valence-electron chi connectivity index (χ3n) is 5.43. The lowest BCUT2D eigenvalue weighted by Gasteiger charge is -2.20. The third kappa shape index (κ3) is 4.89. The van der Waals surface area contributed by atoms with Gasteiger partial charge in [-0.05, 0) is 67.0 Å². The minimum atomic E-state index is 0.00809. The molecule has 2 heteroatoms. The number of carbonyl (C=O) groups is 1. The highest BCUT2D eigenvalue weighted by Crippen LogP contribution is 2.21. The molecule has 3 rings (SSSR count). The number of hydrogen-bond donors (Lipinski definition) is 1. The SMILES string of the molecule is CC[C@@H](NC(=O)c1ccccc1CCc1ccccc1)c1ccc(C)c(C)c1. The fourth-order valence-corrected chi connectivity index (χ4v) is 3.52. The summed E-state index contributed by atoms with van der Waals surface area (Å²) in [6.07, 6.45) is 2.65. The first-order valence-corrected chi connectivity index (χ1v) is 10.1. The quantitative estimate of drug-likeness (QED) is 0.545. The molecular weight excluding hydrogens is 342 g/mol. The van der Waals surface area contributed by atoms with E-state index in [1.165, 1.54) is 22.3 Å². The van der Waals surface area contributed by atoms with Crippen molar-refractivity contribution >= 4 is 5.91 Å². The van der Waals surface area contributed by atoms with Crippen molar-refractivity contribution < 1.29 is 4.79 Å². The van der Waals surface area contributed by atoms with Crippen molar-refractivity contribution in [3.63, 3.8) is 0 Å². The summed E-state index contributed by atoms with van der Waals surface area (Å²) >= 11 is 0. The number of carbonyl (C=O) groups excluding carboxylic acids is 1. The lowest BCUT2D eigenvalue weighted by molar-refractivity contribution is 0.0934. The zero-order chi connectivity index (χ0) is 19.9. The Kier molecular flexibility index (Phi) is 6.65. The lowest BCUT2D eigenvalue weighted by atomic mass is 9.97. The van der Waals surface area contributed by atoms with Crippen LogP contribution >= 0.6 is 0 Å². The molecule has 0 saturated carbocycles. The van der Waals surface area contributed by atoms with Crippen LogP contribution in [0, 0.1) is 13.8 Å². The van der Waals surface area contributed by atoms with E-state index in [1.807, 2.05) is 24.3 Å². The molecule has 3 aromatic rings. The molecule has 1 N–H and O–H groups in total. The van der Waals surface area contributed by atoms with Gasteiger partial charge in [-0.2, -0.15) is 0 Å². The fourth-order valence-electron chi connectivity index (χ4n) is 3.52. The Hall–Kier alpha value is -2.87. The van der Waals surface area contributed by atoms with Crippen LogP contribution in [0.1, 0.15) is 57.6 Å². The molecule has 28 heavy (non-hydrogen) atoms. The van der Waals surface area contributed by atoms with Crippen LogP contribution in [-0.4, -0.2) is 5.91 Å². The molecule has 2 nitrogen and oxygen atoms in total. The summed E-state index contributed by atoms with van der Waals surface area (Å²) in [5, 5.41) is 3.25. The molecule has 0 spiro atoms. The van der Waals surface area contributed by atoms with Gasteiger partial charge >= 0.3 is 0 Å². The molecule has 0 radical (unpaired) electrons. The average Bonchev–Trinajstić information content (AvgIpc) is 2.73. The monoisotopic (exact) mass is 371 g/mol. The normalized spacial score (nSPS) is 11.8. The maximum atomic E-state index is 13.1. The van der Waals surface area contributed by atoms with Gasteiger partial charge in [0.05, 0.1) is 6.04 Å². The highest BCUT2D eigenvalue weighted by molar-refractivity contribution is 5.96. The summed E-state index contributed by atoms with van der Waals surface area (Å²) in [6, 6.07) is 24.8. The Bertz CT molecular complexity index is 930. The van der Waals surface area contributed by atoms with Crippen molar-refractivity contribution in [3.05, 3.63) is 106 Å². The van der Waals surface area contributed by atoms with Crippen LogP contribution in [0.3, 0.4) is 0 Å². The maximum absolute atomic E-state index is 13.1. The second kappa shape index (κ2) is 9.36. The smallest absolute Gasteiger partial charge is 0.252 e. The number of nitrogens with one attached hydrogen (secondary N) is 1. The second-order valence-corrected chi connectivity index (χ2v) is 7.42. The van der Waals surface area contributed by atoms with Gasteiger partial charge in [-0.3, -0.25) is 4.79 Å². The zero-order valence-electron chi connectivity index (χ0n) is 17.0. The number of benzene rings is 3. The molecule has 0 aliphatic carbocycles. The van der Waals surface area contributed by atoms with Gasteiger partial charge in [0, 0.05) is 5.56 Å². The van der Waals surface area contributed by atoms with Crippen molar-refractivity contribution in [3.8, 4) is 0 Å². The first kappa shape index (κ1) is 19.9. The number of amides is 1. The van der Waals surface area contributed by atoms with Crippen LogP contribution in [0.25, 0.3) is 0 Å². The summed E-state index contributed by atoms with van der Waals surface area (Å²) < 4.78 is 0. The molecule has 144 valence electrons. The minimum Gasteiger partial charge on any atom is -0.345 e. The Balaban J connectivity index is 1.75. The van der Waals surface area contributed by atoms with E-state index < -0.39 is 0 Å². The highest BCUT2D eigenvalue weighted by atomic mass is 16.1. The van der Waals surface area contributed by atoms with Gasteiger partial charge in [0.25, 0.3) is 5.91 Å². The van der Waals surface area contributed by atoms with Gasteiger partial charge in [-0.25, -0.2) is 0 Å². The Morgan fingerprint density at radius 3 is 2.29 bits per heavy atom. The maximum Gasteiger partial charge on any atom is 0.252 e. The third-order valence-corrected chi connectivity index (χ3v) is 5.43. The van der Waals surface area contributed by atoms with Gasteiger partial charge in [0.1, 0.15) is 0 Å². The topological polar surface area (TPSA) is 29.1 Å². The summed E-state index contributed by atoms with van der Waals surface area (Å²) in [6.45, 7) is 6.34. The molecule has 0 aromatic heterocycles. The Morgan fingerprint density at radius 2 is 1.57 bits per heavy atom. The highest BCUT2D eigenvalue weighted by Gasteiger charge is 2.17. The van der Waals surface area contributed by atoms with Crippen molar-refractivity contribution in [2.45, 2.75) is 46.1 Å². The van der Waals surface area contributed by atoms with E-state index >= 15 is 0 Å². The van der Waals surface area contributed by atoms with E-state index in [0.29, 0.717) is 0 Å². The summed E-state index contributed by atoms with van der Waals surface area (Å²) in [7, 11) is 0. The summed E-state index contributed by atoms with van der Waals surface area (Å²) in [5.41, 5.74) is 6.86. The number of aryl methyl sites for hydroxylation is 4. The fraction of sp³-hybridized carbons (Fsp3) is 0.269. The van der Waals surface area contributed by atoms with Crippen LogP contribution < -0.4 is 5.32 Å². The van der Waals surface area contributed by atoms with Crippen LogP contribution in [-0.2, 0) is 12.8 Å². The van der Waals surface area contributed by atoms with Crippen LogP contribution in [0.15, 0.2) is 72.8 Å². The van der Waals surface area contributed by atoms with Crippen LogP contribution in [0.2, 0.25) is 0 Å². The predicted octanol–water partition coefficient (Wildman–Crippen LogP) is 5.97. The van der Waals surface area contributed by atoms with E-state index in [1.54, 1.807) is 0 Å². The van der Waals surface area contributed by atoms with Gasteiger partial charge in [-0.15, -0.1) is 0 Å². The minimum absolute atomic E-state index is 0.00809. The summed E-state index contributed by atoms with van der Waals surface area (Å²) in [4.78, 5) is 13.1. The molecule has 0 aliphatic rings. The Labute approximate surface area is 168 Å². The first-order chi connectivity index (χ1) is 13.6. The van der Waals surface area contributed by atoms with E-state index in [-0.39, 0.29) is 11.9 Å². The van der Waals surface area contributed by atoms with E-state index in [2.05, 4.69) is 74.6 Å². The molecule has 0 aliphatic heterocycles. The van der Waals surface area contributed by atoms with Crippen LogP contribution in [0.4, 0.5) is 0 Å². The second-order valence-electron chi connectivity index (χ2n) is 7.42. The molecule has 0 unspecified atom stereocenters. The van der Waals surface area contributed by atoms with Gasteiger partial charge < -0.3 is 5.32 Å². The van der Waals surface area contributed by atoms with Crippen LogP contribution in [0.5, 0.6) is 0 Å². The zero-order valence-corrected chi connectivity index (χ0v) is 17.0. The van der Waals surface area contributed by atoms with E-state index in [0.717, 1.165) is 30.4 Å². The largest absolute Gasteiger partial charge is 0.345 e. The predicted molar refractivity (Wildman–Crippen MR) is 117 cm³/mol. The molecule has 0 fully saturated rings. The first-order valence-electron chi connectivity index (χ1n) is 10.1. The summed E-state index contributed by atoms with van der Waals surface area (Å²) in [5.74, 6) is 0.00809. The lowest BCUT2D eigenvalue weighted by Crippen LogP contribution is -2.29. The van der Waals surface area contributed by atoms with Crippen molar-refractivity contribution in [1.82, 2.24) is 5.32 Å². The average molecular weight is 372 g/mol. The molecule has 3 aromatic carbocycles. The molecule has 1 atom stereocenters. The standard InChI is InChI=1S/C26H29NO/c1-4-25(23-16-14-19(2)20(3)18-23)27-26(28)24-13-9-8-12-22(24)17-15-21-10-6-5-7-11-21/h5-14,16,18,25H,4,15,17H2,1-3H3,(H,27,28)/t25-/m1/s1. The van der Waals surface area contributed by atoms with Crippen molar-refractivity contribution in [1.29, 1.82) is 0 Å². The van der Waals surface area contributed by atoms with Gasteiger partial charge in [0.2, 0.25) is 0 Å². The van der Waals surface area contributed by atoms with Gasteiger partial charge in [0.15, 0.2) is 0 Å². The molecule has 0 saturated heterocycles. The molecule has 0 heterocycles. The van der Waals surface area contributed by atoms with E-state index in [4.69, 9.17) is 0 Å².